The maximum Gasteiger partial charge on any atom is 0.261 e. The molecule has 1 atom stereocenters. The minimum atomic E-state index is 0.0152. The molecule has 0 N–H and O–H groups in total. The molecule has 5 nitrogen and oxygen atoms in total. The monoisotopic (exact) mass is 407 g/mol. The van der Waals surface area contributed by atoms with Gasteiger partial charge in [-0.15, -0.1) is 11.3 Å². The van der Waals surface area contributed by atoms with Crippen LogP contribution in [0.25, 0.3) is 10.9 Å². The number of aryl methyl sites for hydroxylation is 1. The lowest BCUT2D eigenvalue weighted by Crippen LogP contribution is -2.57. The van der Waals surface area contributed by atoms with Crippen molar-refractivity contribution in [3.63, 3.8) is 0 Å². The van der Waals surface area contributed by atoms with E-state index in [9.17, 15) is 9.59 Å². The fourth-order valence-electron chi connectivity index (χ4n) is 4.82. The van der Waals surface area contributed by atoms with Crippen molar-refractivity contribution in [2.75, 3.05) is 6.54 Å². The topological polar surface area (TPSA) is 55.2 Å². The number of carbonyl (C=O) groups is 1. The molecule has 5 rings (SSSR count). The quantitative estimate of drug-likeness (QED) is 0.632. The Morgan fingerprint density at radius 2 is 2.07 bits per heavy atom. The first-order valence-electron chi connectivity index (χ1n) is 10.3. The van der Waals surface area contributed by atoms with Gasteiger partial charge in [0.05, 0.1) is 16.9 Å². The summed E-state index contributed by atoms with van der Waals surface area (Å²) < 4.78 is 1.82. The third kappa shape index (κ3) is 3.01. The fourth-order valence-corrected chi connectivity index (χ4v) is 5.86. The zero-order valence-electron chi connectivity index (χ0n) is 16.9. The zero-order chi connectivity index (χ0) is 20.2. The van der Waals surface area contributed by atoms with E-state index in [4.69, 9.17) is 4.98 Å². The number of fused-ring (bicyclic) bond motifs is 2. The summed E-state index contributed by atoms with van der Waals surface area (Å²) in [5, 5.41) is 2.66. The van der Waals surface area contributed by atoms with E-state index < -0.39 is 0 Å². The maximum absolute atomic E-state index is 13.3. The van der Waals surface area contributed by atoms with E-state index in [1.54, 1.807) is 23.5 Å². The number of carbonyl (C=O) groups excluding carboxylic acids is 1. The van der Waals surface area contributed by atoms with Crippen molar-refractivity contribution < 1.29 is 4.79 Å². The van der Waals surface area contributed by atoms with Crippen LogP contribution in [0.2, 0.25) is 0 Å². The molecule has 1 fully saturated rings. The van der Waals surface area contributed by atoms with Crippen LogP contribution < -0.4 is 5.56 Å². The number of thiophene rings is 1. The van der Waals surface area contributed by atoms with Gasteiger partial charge in [0.15, 0.2) is 0 Å². The van der Waals surface area contributed by atoms with Gasteiger partial charge in [0.1, 0.15) is 5.82 Å². The molecule has 0 bridgehead atoms. The van der Waals surface area contributed by atoms with Crippen molar-refractivity contribution in [3.8, 4) is 0 Å². The van der Waals surface area contributed by atoms with Gasteiger partial charge in [-0.3, -0.25) is 14.2 Å². The van der Waals surface area contributed by atoms with E-state index in [1.807, 2.05) is 21.6 Å². The Morgan fingerprint density at radius 3 is 2.83 bits per heavy atom. The van der Waals surface area contributed by atoms with Crippen LogP contribution in [-0.2, 0) is 13.0 Å². The maximum atomic E-state index is 13.3. The number of aromatic nitrogens is 2. The smallest absolute Gasteiger partial charge is 0.261 e. The standard InChI is InChI=1S/C23H25N3O2S/c1-23(2)14-26(20(23)18-7-6-12-29-18)21(27)15-9-10-16-17(13-15)24-19-8-4-3-5-11-25(19)22(16)28/h6-7,9-10,12-13,20H,3-5,8,11,14H2,1-2H3. The van der Waals surface area contributed by atoms with Crippen molar-refractivity contribution in [2.45, 2.75) is 52.1 Å². The Hall–Kier alpha value is -2.47. The molecule has 2 aromatic heterocycles. The largest absolute Gasteiger partial charge is 0.330 e. The molecule has 29 heavy (non-hydrogen) atoms. The van der Waals surface area contributed by atoms with Gasteiger partial charge in [0.25, 0.3) is 11.5 Å². The molecule has 1 aromatic carbocycles. The molecule has 3 aromatic rings. The van der Waals surface area contributed by atoms with Gasteiger partial charge in [-0.25, -0.2) is 4.98 Å². The number of hydrogen-bond donors (Lipinski definition) is 0. The van der Waals surface area contributed by atoms with Crippen LogP contribution in [0.1, 0.15) is 60.2 Å². The molecule has 6 heteroatoms. The average Bonchev–Trinajstić information content (AvgIpc) is 3.09. The Labute approximate surface area is 174 Å². The lowest BCUT2D eigenvalue weighted by Gasteiger charge is -2.54. The van der Waals surface area contributed by atoms with Gasteiger partial charge in [0.2, 0.25) is 0 Å². The van der Waals surface area contributed by atoms with Crippen LogP contribution in [0, 0.1) is 5.41 Å². The highest BCUT2D eigenvalue weighted by molar-refractivity contribution is 7.10. The van der Waals surface area contributed by atoms with Crippen molar-refractivity contribution in [2.24, 2.45) is 5.41 Å². The van der Waals surface area contributed by atoms with Crippen LogP contribution in [0.15, 0.2) is 40.5 Å². The molecule has 1 amide bonds. The summed E-state index contributed by atoms with van der Waals surface area (Å²) in [6, 6.07) is 9.61. The lowest BCUT2D eigenvalue weighted by atomic mass is 9.74. The first-order chi connectivity index (χ1) is 14.0. The van der Waals surface area contributed by atoms with Crippen molar-refractivity contribution in [1.29, 1.82) is 0 Å². The normalized spacial score (nSPS) is 20.8. The minimum absolute atomic E-state index is 0.0152. The van der Waals surface area contributed by atoms with Gasteiger partial charge in [-0.05, 0) is 42.5 Å². The van der Waals surface area contributed by atoms with Gasteiger partial charge >= 0.3 is 0 Å². The van der Waals surface area contributed by atoms with Crippen LogP contribution in [0.4, 0.5) is 0 Å². The highest BCUT2D eigenvalue weighted by Crippen LogP contribution is 2.50. The SMILES string of the molecule is CC1(C)CN(C(=O)c2ccc3c(=O)n4c(nc3c2)CCCCC4)C1c1cccs1. The summed E-state index contributed by atoms with van der Waals surface area (Å²) in [4.78, 5) is 34.2. The highest BCUT2D eigenvalue weighted by Gasteiger charge is 2.49. The predicted molar refractivity (Wildman–Crippen MR) is 115 cm³/mol. The summed E-state index contributed by atoms with van der Waals surface area (Å²) >= 11 is 1.70. The number of likely N-dealkylation sites (tertiary alicyclic amines) is 1. The van der Waals surface area contributed by atoms with Crippen LogP contribution in [0.3, 0.4) is 0 Å². The summed E-state index contributed by atoms with van der Waals surface area (Å²) in [6.07, 6.45) is 4.02. The van der Waals surface area contributed by atoms with Gasteiger partial charge in [0, 0.05) is 35.4 Å². The molecule has 2 aliphatic rings. The first kappa shape index (κ1) is 18.6. The van der Waals surface area contributed by atoms with Crippen molar-refractivity contribution in [1.82, 2.24) is 14.5 Å². The molecule has 0 saturated carbocycles. The van der Waals surface area contributed by atoms with Crippen LogP contribution in [0.5, 0.6) is 0 Å². The fraction of sp³-hybridized carbons (Fsp3) is 0.435. The van der Waals surface area contributed by atoms with Crippen LogP contribution >= 0.6 is 11.3 Å². The molecular weight excluding hydrogens is 382 g/mol. The molecule has 150 valence electrons. The number of amides is 1. The Kier molecular flexibility index (Phi) is 4.35. The third-order valence-electron chi connectivity index (χ3n) is 6.27. The van der Waals surface area contributed by atoms with Crippen molar-refractivity contribution >= 4 is 28.1 Å². The van der Waals surface area contributed by atoms with Crippen LogP contribution in [-0.4, -0.2) is 26.9 Å². The number of hydrogen-bond acceptors (Lipinski definition) is 4. The van der Waals surface area contributed by atoms with E-state index in [0.717, 1.165) is 44.6 Å². The second-order valence-electron chi connectivity index (χ2n) is 8.87. The minimum Gasteiger partial charge on any atom is -0.330 e. The molecule has 1 saturated heterocycles. The summed E-state index contributed by atoms with van der Waals surface area (Å²) in [6.45, 7) is 5.88. The Balaban J connectivity index is 1.52. The van der Waals surface area contributed by atoms with Gasteiger partial charge in [-0.1, -0.05) is 26.3 Å². The third-order valence-corrected chi connectivity index (χ3v) is 7.19. The molecule has 4 heterocycles. The molecule has 1 unspecified atom stereocenters. The molecular formula is C23H25N3O2S. The Morgan fingerprint density at radius 1 is 1.21 bits per heavy atom. The molecule has 2 aliphatic heterocycles. The summed E-state index contributed by atoms with van der Waals surface area (Å²) in [7, 11) is 0. The second kappa shape index (κ2) is 6.80. The molecule has 0 aliphatic carbocycles. The number of rotatable bonds is 2. The van der Waals surface area contributed by atoms with E-state index in [2.05, 4.69) is 25.3 Å². The van der Waals surface area contributed by atoms with Gasteiger partial charge < -0.3 is 4.90 Å². The molecule has 0 radical (unpaired) electrons. The molecule has 0 spiro atoms. The lowest BCUT2D eigenvalue weighted by molar-refractivity contribution is -0.0305. The summed E-state index contributed by atoms with van der Waals surface area (Å²) in [5.41, 5.74) is 1.33. The predicted octanol–water partition coefficient (Wildman–Crippen LogP) is 4.41. The van der Waals surface area contributed by atoms with E-state index in [0.29, 0.717) is 16.5 Å². The van der Waals surface area contributed by atoms with E-state index >= 15 is 0 Å². The number of nitrogens with zero attached hydrogens (tertiary/aromatic N) is 3. The average molecular weight is 408 g/mol. The first-order valence-corrected chi connectivity index (χ1v) is 11.2. The second-order valence-corrected chi connectivity index (χ2v) is 9.85. The van der Waals surface area contributed by atoms with E-state index in [1.165, 1.54) is 4.88 Å². The summed E-state index contributed by atoms with van der Waals surface area (Å²) in [5.74, 6) is 0.868. The van der Waals surface area contributed by atoms with Gasteiger partial charge in [-0.2, -0.15) is 0 Å². The highest BCUT2D eigenvalue weighted by atomic mass is 32.1. The Bertz CT molecular complexity index is 1150. The number of benzene rings is 1. The van der Waals surface area contributed by atoms with Crippen molar-refractivity contribution in [3.05, 3.63) is 62.3 Å². The van der Waals surface area contributed by atoms with E-state index in [-0.39, 0.29) is 22.9 Å². The zero-order valence-corrected chi connectivity index (χ0v) is 17.7.